The van der Waals surface area contributed by atoms with Gasteiger partial charge in [-0.2, -0.15) is 0 Å². The number of benzene rings is 1. The molecular weight excluding hydrogens is 300 g/mol. The number of fused-ring (bicyclic) bond motifs is 1. The Bertz CT molecular complexity index is 610. The Morgan fingerprint density at radius 3 is 2.91 bits per heavy atom. The van der Waals surface area contributed by atoms with Crippen LogP contribution in [0.1, 0.15) is 25.3 Å². The van der Waals surface area contributed by atoms with Crippen LogP contribution in [-0.4, -0.2) is 34.3 Å². The second kappa shape index (κ2) is 5.70. The fourth-order valence-corrected chi connectivity index (χ4v) is 4.45. The molecule has 0 radical (unpaired) electrons. The van der Waals surface area contributed by atoms with Crippen molar-refractivity contribution in [1.82, 2.24) is 0 Å². The maximum atomic E-state index is 12.1. The highest BCUT2D eigenvalue weighted by molar-refractivity contribution is 7.99. The molecule has 4 nitrogen and oxygen atoms in total. The maximum absolute atomic E-state index is 12.1. The van der Waals surface area contributed by atoms with Crippen LogP contribution in [0.4, 0.5) is 0 Å². The van der Waals surface area contributed by atoms with E-state index in [9.17, 15) is 14.7 Å². The smallest absolute Gasteiger partial charge is 0.310 e. The Hall–Kier alpha value is -1.33. The van der Waals surface area contributed by atoms with Gasteiger partial charge >= 0.3 is 5.97 Å². The van der Waals surface area contributed by atoms with Gasteiger partial charge in [0.25, 0.3) is 0 Å². The summed E-state index contributed by atoms with van der Waals surface area (Å²) in [6, 6.07) is 8.13. The summed E-state index contributed by atoms with van der Waals surface area (Å²) in [4.78, 5) is 25.2. The van der Waals surface area contributed by atoms with Gasteiger partial charge in [-0.3, -0.25) is 9.59 Å². The summed E-state index contributed by atoms with van der Waals surface area (Å²) < 4.78 is 5.41. The van der Waals surface area contributed by atoms with Crippen molar-refractivity contribution >= 4 is 23.5 Å². The van der Waals surface area contributed by atoms with Crippen molar-refractivity contribution in [2.75, 3.05) is 5.75 Å². The topological polar surface area (TPSA) is 63.6 Å². The highest BCUT2D eigenvalue weighted by Crippen LogP contribution is 2.42. The van der Waals surface area contributed by atoms with E-state index in [0.29, 0.717) is 5.75 Å². The van der Waals surface area contributed by atoms with Gasteiger partial charge in [0, 0.05) is 29.4 Å². The van der Waals surface area contributed by atoms with Crippen LogP contribution in [0.15, 0.2) is 29.2 Å². The van der Waals surface area contributed by atoms with E-state index in [4.69, 9.17) is 4.74 Å². The quantitative estimate of drug-likeness (QED) is 0.684. The van der Waals surface area contributed by atoms with E-state index in [-0.39, 0.29) is 42.5 Å². The zero-order chi connectivity index (χ0) is 15.9. The molecule has 0 spiro atoms. The Morgan fingerprint density at radius 1 is 1.41 bits per heavy atom. The van der Waals surface area contributed by atoms with Crippen LogP contribution in [0.25, 0.3) is 0 Å². The van der Waals surface area contributed by atoms with E-state index in [0.717, 1.165) is 4.90 Å². The van der Waals surface area contributed by atoms with Gasteiger partial charge in [-0.15, -0.1) is 11.8 Å². The van der Waals surface area contributed by atoms with Gasteiger partial charge < -0.3 is 9.84 Å². The first-order chi connectivity index (χ1) is 10.4. The number of hydrogen-bond acceptors (Lipinski definition) is 5. The van der Waals surface area contributed by atoms with Crippen LogP contribution in [-0.2, 0) is 14.3 Å². The molecule has 118 valence electrons. The Kier molecular flexibility index (Phi) is 4.03. The summed E-state index contributed by atoms with van der Waals surface area (Å²) in [5.74, 6) is -0.176. The molecule has 2 fully saturated rings. The van der Waals surface area contributed by atoms with E-state index in [1.807, 2.05) is 25.1 Å². The third-order valence-electron chi connectivity index (χ3n) is 4.60. The number of carbonyl (C=O) groups is 2. The van der Waals surface area contributed by atoms with Crippen molar-refractivity contribution in [3.63, 3.8) is 0 Å². The lowest BCUT2D eigenvalue weighted by atomic mass is 9.74. The van der Waals surface area contributed by atoms with Gasteiger partial charge in [0.2, 0.25) is 0 Å². The fraction of sp³-hybridized carbons (Fsp3) is 0.529. The van der Waals surface area contributed by atoms with Crippen LogP contribution >= 0.6 is 11.8 Å². The van der Waals surface area contributed by atoms with E-state index < -0.39 is 5.60 Å². The van der Waals surface area contributed by atoms with Crippen molar-refractivity contribution in [2.24, 2.45) is 11.8 Å². The highest BCUT2D eigenvalue weighted by Gasteiger charge is 2.53. The van der Waals surface area contributed by atoms with Crippen LogP contribution in [0.3, 0.4) is 0 Å². The molecule has 0 amide bonds. The third kappa shape index (κ3) is 2.92. The van der Waals surface area contributed by atoms with Crippen molar-refractivity contribution in [3.05, 3.63) is 29.8 Å². The highest BCUT2D eigenvalue weighted by atomic mass is 32.2. The van der Waals surface area contributed by atoms with Crippen LogP contribution in [0, 0.1) is 18.8 Å². The van der Waals surface area contributed by atoms with Crippen molar-refractivity contribution in [2.45, 2.75) is 43.3 Å². The summed E-state index contributed by atoms with van der Waals surface area (Å²) >= 11 is 1.62. The summed E-state index contributed by atoms with van der Waals surface area (Å²) in [6.07, 6.45) is 0.111. The number of esters is 1. The molecule has 1 saturated carbocycles. The molecule has 1 heterocycles. The molecule has 3 rings (SSSR count). The second-order valence-corrected chi connectivity index (χ2v) is 7.57. The minimum atomic E-state index is -1.36. The normalized spacial score (nSPS) is 34.4. The number of carbonyl (C=O) groups excluding carboxylic acids is 2. The van der Waals surface area contributed by atoms with Gasteiger partial charge in [0.1, 0.15) is 11.7 Å². The van der Waals surface area contributed by atoms with Crippen molar-refractivity contribution < 1.29 is 19.4 Å². The van der Waals surface area contributed by atoms with Crippen LogP contribution in [0.5, 0.6) is 0 Å². The third-order valence-corrected chi connectivity index (χ3v) is 5.72. The molecule has 1 saturated heterocycles. The predicted molar refractivity (Wildman–Crippen MR) is 83.6 cm³/mol. The van der Waals surface area contributed by atoms with Gasteiger partial charge in [-0.05, 0) is 26.0 Å². The van der Waals surface area contributed by atoms with E-state index in [1.165, 1.54) is 12.5 Å². The minimum Gasteiger partial charge on any atom is -0.462 e. The molecule has 1 N–H and O–H groups in total. The molecule has 5 heteroatoms. The average Bonchev–Trinajstić information content (AvgIpc) is 2.71. The number of aliphatic hydroxyl groups is 1. The molecule has 1 aromatic carbocycles. The lowest BCUT2D eigenvalue weighted by Crippen LogP contribution is -2.47. The van der Waals surface area contributed by atoms with Gasteiger partial charge in [-0.25, -0.2) is 0 Å². The maximum Gasteiger partial charge on any atom is 0.310 e. The number of thioether (sulfide) groups is 1. The monoisotopic (exact) mass is 320 g/mol. The van der Waals surface area contributed by atoms with E-state index in [1.54, 1.807) is 11.8 Å². The summed E-state index contributed by atoms with van der Waals surface area (Å²) in [5.41, 5.74) is -0.180. The summed E-state index contributed by atoms with van der Waals surface area (Å²) in [5, 5.41) is 10.1. The van der Waals surface area contributed by atoms with Crippen molar-refractivity contribution in [1.29, 1.82) is 0 Å². The average molecular weight is 320 g/mol. The minimum absolute atomic E-state index is 0.0995. The number of Topliss-reactive ketones (excluding diaryl/α,β-unsaturated/α-hetero) is 1. The number of ketones is 1. The number of ether oxygens (including phenoxy) is 1. The Morgan fingerprint density at radius 2 is 2.18 bits per heavy atom. The molecular formula is C17H20O4S. The number of hydrogen-bond donors (Lipinski definition) is 1. The van der Waals surface area contributed by atoms with Crippen molar-refractivity contribution in [3.8, 4) is 0 Å². The summed E-state index contributed by atoms with van der Waals surface area (Å²) in [6.45, 7) is 3.54. The molecule has 0 unspecified atom stereocenters. The number of aryl methyl sites for hydroxylation is 1. The Labute approximate surface area is 134 Å². The summed E-state index contributed by atoms with van der Waals surface area (Å²) in [7, 11) is 0. The zero-order valence-electron chi connectivity index (χ0n) is 12.7. The molecule has 0 aromatic heterocycles. The first-order valence-corrected chi connectivity index (χ1v) is 8.51. The lowest BCUT2D eigenvalue weighted by Gasteiger charge is -2.34. The first kappa shape index (κ1) is 15.6. The second-order valence-electron chi connectivity index (χ2n) is 6.48. The van der Waals surface area contributed by atoms with Crippen LogP contribution < -0.4 is 0 Å². The molecule has 1 aliphatic heterocycles. The Balaban J connectivity index is 1.69. The van der Waals surface area contributed by atoms with Gasteiger partial charge in [0.05, 0.1) is 5.92 Å². The van der Waals surface area contributed by atoms with E-state index in [2.05, 4.69) is 6.07 Å². The molecule has 22 heavy (non-hydrogen) atoms. The van der Waals surface area contributed by atoms with Gasteiger partial charge in [0.15, 0.2) is 5.78 Å². The fourth-order valence-electron chi connectivity index (χ4n) is 3.25. The molecule has 1 aromatic rings. The standard InChI is InChI=1S/C17H20O4S/c1-10-4-3-5-11(6-10)22-9-13-12-7-15(18)17(2,20)8-14(12)21-16(13)19/h3-6,12-14,20H,7-9H2,1-2H3/t12-,13-,14-,17+/m1/s1. The molecule has 1 aliphatic carbocycles. The van der Waals surface area contributed by atoms with E-state index >= 15 is 0 Å². The lowest BCUT2D eigenvalue weighted by molar-refractivity contribution is -0.153. The molecule has 4 atom stereocenters. The SMILES string of the molecule is Cc1cccc(SC[C@H]2C(=O)O[C@@H]3C[C@](C)(O)C(=O)C[C@@H]32)c1. The van der Waals surface area contributed by atoms with Crippen LogP contribution in [0.2, 0.25) is 0 Å². The number of rotatable bonds is 3. The zero-order valence-corrected chi connectivity index (χ0v) is 13.6. The first-order valence-electron chi connectivity index (χ1n) is 7.52. The largest absolute Gasteiger partial charge is 0.462 e. The molecule has 0 bridgehead atoms. The van der Waals surface area contributed by atoms with Gasteiger partial charge in [-0.1, -0.05) is 17.7 Å². The predicted octanol–water partition coefficient (Wildman–Crippen LogP) is 2.36. The molecule has 2 aliphatic rings.